The number of fused-ring (bicyclic) bond motifs is 4. The molecule has 7 nitrogen and oxygen atoms in total. The molecule has 0 bridgehead atoms. The third kappa shape index (κ3) is 2.43. The molecule has 1 aromatic rings. The molecular formula is C19H18Cl2N2O5. The van der Waals surface area contributed by atoms with Gasteiger partial charge in [-0.2, -0.15) is 0 Å². The van der Waals surface area contributed by atoms with Gasteiger partial charge in [-0.25, -0.2) is 0 Å². The van der Waals surface area contributed by atoms with E-state index in [1.165, 1.54) is 12.1 Å². The molecule has 3 aliphatic rings. The van der Waals surface area contributed by atoms with Gasteiger partial charge in [0, 0.05) is 16.6 Å². The first kappa shape index (κ1) is 19.2. The number of carbonyl (C=O) groups is 3. The Kier molecular flexibility index (Phi) is 4.64. The van der Waals surface area contributed by atoms with Crippen LogP contribution in [0.1, 0.15) is 18.4 Å². The number of aliphatic carboxylic acids is 1. The molecular weight excluding hydrogens is 407 g/mol. The monoisotopic (exact) mass is 424 g/mol. The lowest BCUT2D eigenvalue weighted by Crippen LogP contribution is -2.53. The topological polar surface area (TPSA) is 95.9 Å². The SMILES string of the molecule is C=CCOC(=O)[C@H]1[C@@H](C(=O)O)[C@H]2CCCN2[C@]12C(=O)Nc1c(Cl)cc(Cl)cc12. The van der Waals surface area contributed by atoms with Gasteiger partial charge in [-0.05, 0) is 31.5 Å². The van der Waals surface area contributed by atoms with Crippen LogP contribution >= 0.6 is 23.2 Å². The molecule has 4 rings (SSSR count). The molecule has 0 unspecified atom stereocenters. The second-order valence-electron chi connectivity index (χ2n) is 7.19. The summed E-state index contributed by atoms with van der Waals surface area (Å²) < 4.78 is 5.24. The molecule has 1 aromatic carbocycles. The molecule has 2 N–H and O–H groups in total. The number of amides is 1. The fourth-order valence-corrected chi connectivity index (χ4v) is 5.59. The predicted molar refractivity (Wildman–Crippen MR) is 102 cm³/mol. The largest absolute Gasteiger partial charge is 0.481 e. The van der Waals surface area contributed by atoms with Gasteiger partial charge in [0.25, 0.3) is 5.91 Å². The first-order chi connectivity index (χ1) is 13.3. The fourth-order valence-electron chi connectivity index (χ4n) is 5.05. The highest BCUT2D eigenvalue weighted by Crippen LogP contribution is 2.59. The van der Waals surface area contributed by atoms with Crippen LogP contribution in [0.2, 0.25) is 10.0 Å². The summed E-state index contributed by atoms with van der Waals surface area (Å²) in [4.78, 5) is 40.4. The number of hydrogen-bond acceptors (Lipinski definition) is 5. The Bertz CT molecular complexity index is 905. The number of rotatable bonds is 4. The number of benzene rings is 1. The Morgan fingerprint density at radius 2 is 2.18 bits per heavy atom. The highest BCUT2D eigenvalue weighted by atomic mass is 35.5. The summed E-state index contributed by atoms with van der Waals surface area (Å²) >= 11 is 12.5. The number of esters is 1. The van der Waals surface area contributed by atoms with Crippen LogP contribution < -0.4 is 5.32 Å². The summed E-state index contributed by atoms with van der Waals surface area (Å²) in [5.41, 5.74) is -0.743. The lowest BCUT2D eigenvalue weighted by atomic mass is 9.74. The normalized spacial score (nSPS) is 30.8. The minimum atomic E-state index is -1.52. The number of anilines is 1. The Morgan fingerprint density at radius 1 is 1.43 bits per heavy atom. The van der Waals surface area contributed by atoms with E-state index in [0.29, 0.717) is 29.2 Å². The first-order valence-corrected chi connectivity index (χ1v) is 9.67. The number of halogens is 2. The Labute approximate surface area is 171 Å². The average Bonchev–Trinajstić information content (AvgIpc) is 3.27. The zero-order valence-corrected chi connectivity index (χ0v) is 16.3. The standard InChI is InChI=1S/C19H18Cl2N2O5/c1-2-6-28-17(26)14-13(16(24)25)12-4-3-5-23(12)19(14)10-7-9(20)8-11(21)15(10)22-18(19)27/h2,7-8,12-14H,1,3-6H2,(H,22,27)(H,24,25)/t12-,13+,14-,19+/m1/s1. The summed E-state index contributed by atoms with van der Waals surface area (Å²) in [5, 5.41) is 13.2. The van der Waals surface area contributed by atoms with Crippen LogP contribution in [-0.2, 0) is 24.7 Å². The predicted octanol–water partition coefficient (Wildman–Crippen LogP) is 2.67. The van der Waals surface area contributed by atoms with E-state index >= 15 is 0 Å². The van der Waals surface area contributed by atoms with Crippen molar-refractivity contribution < 1.29 is 24.2 Å². The molecule has 4 atom stereocenters. The van der Waals surface area contributed by atoms with Crippen LogP contribution in [0.15, 0.2) is 24.8 Å². The summed E-state index contributed by atoms with van der Waals surface area (Å²) in [7, 11) is 0. The first-order valence-electron chi connectivity index (χ1n) is 8.92. The van der Waals surface area contributed by atoms with Gasteiger partial charge in [0.2, 0.25) is 0 Å². The van der Waals surface area contributed by atoms with E-state index < -0.39 is 41.3 Å². The number of carboxylic acid groups (broad SMARTS) is 1. The van der Waals surface area contributed by atoms with Crippen molar-refractivity contribution in [2.45, 2.75) is 24.4 Å². The van der Waals surface area contributed by atoms with Crippen molar-refractivity contribution in [1.82, 2.24) is 4.90 Å². The Morgan fingerprint density at radius 3 is 2.86 bits per heavy atom. The minimum absolute atomic E-state index is 0.0762. The van der Waals surface area contributed by atoms with E-state index in [9.17, 15) is 19.5 Å². The maximum atomic E-state index is 13.3. The maximum absolute atomic E-state index is 13.3. The highest BCUT2D eigenvalue weighted by molar-refractivity contribution is 6.38. The number of ether oxygens (including phenoxy) is 1. The molecule has 3 heterocycles. The van der Waals surface area contributed by atoms with Gasteiger partial charge >= 0.3 is 11.9 Å². The van der Waals surface area contributed by atoms with E-state index in [1.54, 1.807) is 6.07 Å². The molecule has 3 aliphatic heterocycles. The molecule has 0 saturated carbocycles. The molecule has 1 amide bonds. The van der Waals surface area contributed by atoms with Gasteiger partial charge in [-0.3, -0.25) is 19.3 Å². The summed E-state index contributed by atoms with van der Waals surface area (Å²) in [6.07, 6.45) is 2.69. The summed E-state index contributed by atoms with van der Waals surface area (Å²) in [6, 6.07) is 2.61. The van der Waals surface area contributed by atoms with Crippen molar-refractivity contribution in [2.24, 2.45) is 11.8 Å². The van der Waals surface area contributed by atoms with Crippen LogP contribution in [0.5, 0.6) is 0 Å². The molecule has 148 valence electrons. The highest BCUT2D eigenvalue weighted by Gasteiger charge is 2.71. The smallest absolute Gasteiger partial charge is 0.313 e. The van der Waals surface area contributed by atoms with Crippen molar-refractivity contribution in [3.8, 4) is 0 Å². The van der Waals surface area contributed by atoms with E-state index in [-0.39, 0.29) is 11.6 Å². The van der Waals surface area contributed by atoms with Crippen molar-refractivity contribution >= 4 is 46.7 Å². The second kappa shape index (κ2) is 6.76. The maximum Gasteiger partial charge on any atom is 0.313 e. The minimum Gasteiger partial charge on any atom is -0.481 e. The number of nitrogens with one attached hydrogen (secondary N) is 1. The number of carbonyl (C=O) groups excluding carboxylic acids is 2. The van der Waals surface area contributed by atoms with Crippen molar-refractivity contribution in [3.63, 3.8) is 0 Å². The quantitative estimate of drug-likeness (QED) is 0.569. The van der Waals surface area contributed by atoms with Crippen LogP contribution in [0.3, 0.4) is 0 Å². The van der Waals surface area contributed by atoms with Crippen LogP contribution in [0.25, 0.3) is 0 Å². The average molecular weight is 425 g/mol. The van der Waals surface area contributed by atoms with E-state index in [2.05, 4.69) is 11.9 Å². The Balaban J connectivity index is 1.97. The number of carboxylic acids is 1. The van der Waals surface area contributed by atoms with Gasteiger partial charge < -0.3 is 15.2 Å². The van der Waals surface area contributed by atoms with E-state index in [4.69, 9.17) is 27.9 Å². The second-order valence-corrected chi connectivity index (χ2v) is 8.04. The molecule has 0 aromatic heterocycles. The molecule has 9 heteroatoms. The molecule has 28 heavy (non-hydrogen) atoms. The van der Waals surface area contributed by atoms with Crippen molar-refractivity contribution in [1.29, 1.82) is 0 Å². The van der Waals surface area contributed by atoms with Crippen molar-refractivity contribution in [3.05, 3.63) is 40.4 Å². The van der Waals surface area contributed by atoms with Gasteiger partial charge in [-0.1, -0.05) is 35.9 Å². The Hall–Kier alpha value is -2.09. The van der Waals surface area contributed by atoms with Crippen LogP contribution in [0.4, 0.5) is 5.69 Å². The zero-order chi connectivity index (χ0) is 20.2. The van der Waals surface area contributed by atoms with E-state index in [0.717, 1.165) is 6.42 Å². The third-order valence-electron chi connectivity index (χ3n) is 5.91. The van der Waals surface area contributed by atoms with Gasteiger partial charge in [-0.15, -0.1) is 0 Å². The number of hydrogen-bond donors (Lipinski definition) is 2. The molecule has 2 fully saturated rings. The molecule has 0 aliphatic carbocycles. The van der Waals surface area contributed by atoms with Crippen LogP contribution in [-0.4, -0.2) is 47.0 Å². The summed E-state index contributed by atoms with van der Waals surface area (Å²) in [5.74, 6) is -4.69. The molecule has 1 spiro atoms. The van der Waals surface area contributed by atoms with Crippen molar-refractivity contribution in [2.75, 3.05) is 18.5 Å². The molecule has 2 saturated heterocycles. The third-order valence-corrected chi connectivity index (χ3v) is 6.43. The summed E-state index contributed by atoms with van der Waals surface area (Å²) in [6.45, 7) is 3.92. The zero-order valence-electron chi connectivity index (χ0n) is 14.8. The lowest BCUT2D eigenvalue weighted by Gasteiger charge is -2.36. The van der Waals surface area contributed by atoms with Gasteiger partial charge in [0.1, 0.15) is 18.1 Å². The molecule has 0 radical (unpaired) electrons. The fraction of sp³-hybridized carbons (Fsp3) is 0.421. The van der Waals surface area contributed by atoms with Crippen LogP contribution in [0, 0.1) is 11.8 Å². The lowest BCUT2D eigenvalue weighted by molar-refractivity contribution is -0.160. The van der Waals surface area contributed by atoms with Gasteiger partial charge in [0.05, 0.1) is 16.6 Å². The number of nitrogens with zero attached hydrogens (tertiary/aromatic N) is 1. The van der Waals surface area contributed by atoms with Gasteiger partial charge in [0.15, 0.2) is 0 Å². The van der Waals surface area contributed by atoms with E-state index in [1.807, 2.05) is 4.90 Å².